The van der Waals surface area contributed by atoms with E-state index in [9.17, 15) is 9.59 Å². The van der Waals surface area contributed by atoms with Gasteiger partial charge in [0.15, 0.2) is 0 Å². The summed E-state index contributed by atoms with van der Waals surface area (Å²) in [7, 11) is 1.82. The molecule has 1 aromatic heterocycles. The molecule has 178 valence electrons. The molecule has 3 amide bonds. The number of likely N-dealkylation sites (tertiary alicyclic amines) is 1. The number of nitrogens with two attached hydrogens (primary N) is 2. The maximum atomic E-state index is 13.5. The van der Waals surface area contributed by atoms with Crippen molar-refractivity contribution < 1.29 is 9.59 Å². The minimum atomic E-state index is -0.725. The average molecular weight is 463 g/mol. The Hall–Kier alpha value is -3.53. The molecule has 4 aliphatic rings. The van der Waals surface area contributed by atoms with Crippen LogP contribution in [0.5, 0.6) is 0 Å². The van der Waals surface area contributed by atoms with E-state index in [2.05, 4.69) is 18.0 Å². The second-order valence-electron chi connectivity index (χ2n) is 9.55. The molecule has 34 heavy (non-hydrogen) atoms. The highest BCUT2D eigenvalue weighted by atomic mass is 16.2. The first kappa shape index (κ1) is 22.3. The van der Waals surface area contributed by atoms with Crippen LogP contribution < -0.4 is 11.5 Å². The summed E-state index contributed by atoms with van der Waals surface area (Å²) < 4.78 is 0. The molecular weight excluding hydrogens is 432 g/mol. The fourth-order valence-corrected chi connectivity index (χ4v) is 5.40. The van der Waals surface area contributed by atoms with E-state index in [0.717, 1.165) is 35.4 Å². The third-order valence-corrected chi connectivity index (χ3v) is 7.10. The lowest BCUT2D eigenvalue weighted by atomic mass is 9.79. The molecule has 1 aromatic rings. The number of likely N-dealkylation sites (N-methyl/N-ethyl adjacent to an activating group) is 1. The monoisotopic (exact) mass is 462 g/mol. The molecule has 5 heterocycles. The van der Waals surface area contributed by atoms with Gasteiger partial charge in [-0.05, 0) is 38.0 Å². The van der Waals surface area contributed by atoms with Crippen molar-refractivity contribution in [3.05, 3.63) is 47.3 Å². The van der Waals surface area contributed by atoms with Gasteiger partial charge >= 0.3 is 6.03 Å². The summed E-state index contributed by atoms with van der Waals surface area (Å²) in [5.74, 6) is 0.124. The van der Waals surface area contributed by atoms with E-state index in [1.165, 1.54) is 0 Å². The van der Waals surface area contributed by atoms with Crippen LogP contribution in [0.1, 0.15) is 25.3 Å². The van der Waals surface area contributed by atoms with Gasteiger partial charge in [-0.2, -0.15) is 0 Å². The molecule has 2 atom stereocenters. The number of carbonyl (C=O) groups excluding carboxylic acids is 2. The predicted octanol–water partition coefficient (Wildman–Crippen LogP) is 0.806. The van der Waals surface area contributed by atoms with Crippen LogP contribution in [0.4, 0.5) is 10.6 Å². The zero-order valence-electron chi connectivity index (χ0n) is 19.5. The lowest BCUT2D eigenvalue weighted by Gasteiger charge is -2.50. The van der Waals surface area contributed by atoms with Crippen molar-refractivity contribution in [3.63, 3.8) is 0 Å². The van der Waals surface area contributed by atoms with Crippen molar-refractivity contribution in [2.24, 2.45) is 15.7 Å². The summed E-state index contributed by atoms with van der Waals surface area (Å²) in [6.45, 7) is 4.22. The fraction of sp³-hybridized carbons (Fsp3) is 0.458. The largest absolute Gasteiger partial charge is 0.384 e. The van der Waals surface area contributed by atoms with E-state index >= 15 is 0 Å². The molecule has 1 fully saturated rings. The van der Waals surface area contributed by atoms with Crippen molar-refractivity contribution >= 4 is 29.7 Å². The number of dihydropyridines is 2. The van der Waals surface area contributed by atoms with E-state index in [1.54, 1.807) is 17.2 Å². The molecular formula is C24H30N8O2. The summed E-state index contributed by atoms with van der Waals surface area (Å²) >= 11 is 0. The van der Waals surface area contributed by atoms with Gasteiger partial charge in [0, 0.05) is 49.7 Å². The number of rotatable bonds is 4. The zero-order valence-corrected chi connectivity index (χ0v) is 19.5. The van der Waals surface area contributed by atoms with Crippen molar-refractivity contribution in [2.75, 3.05) is 39.0 Å². The Bertz CT molecular complexity index is 1130. The molecule has 0 aliphatic carbocycles. The van der Waals surface area contributed by atoms with E-state index in [4.69, 9.17) is 21.5 Å². The molecule has 0 saturated carbocycles. The summed E-state index contributed by atoms with van der Waals surface area (Å²) in [5.41, 5.74) is 14.0. The summed E-state index contributed by atoms with van der Waals surface area (Å²) in [4.78, 5) is 44.8. The number of amides is 3. The Morgan fingerprint density at radius 2 is 2.03 bits per heavy atom. The quantitative estimate of drug-likeness (QED) is 0.683. The lowest BCUT2D eigenvalue weighted by Crippen LogP contribution is -2.60. The first-order chi connectivity index (χ1) is 16.3. The number of anilines is 1. The topological polar surface area (TPSA) is 134 Å². The Labute approximate surface area is 198 Å². The normalized spacial score (nSPS) is 27.5. The van der Waals surface area contributed by atoms with Crippen LogP contribution in [-0.4, -0.2) is 94.4 Å². The molecule has 0 bridgehead atoms. The minimum Gasteiger partial charge on any atom is -0.384 e. The first-order valence-electron chi connectivity index (χ1n) is 11.6. The standard InChI is InChI=1S/C24H30N8O2/c1-24-19(5-4-18(29-24)15-3-6-20(25)28-11-15)27-12-16-13-30(2)23(34)32(22(16)24)17-7-9-31(10-8-17)14-21(26)33/h3-6,11-12,17,19H,7-10,13-14H2,1-2H3,(H2,25,28)(H2,26,33). The van der Waals surface area contributed by atoms with Crippen LogP contribution in [0.25, 0.3) is 0 Å². The number of urea groups is 1. The van der Waals surface area contributed by atoms with Crippen molar-refractivity contribution in [1.82, 2.24) is 19.7 Å². The van der Waals surface area contributed by atoms with E-state index in [0.29, 0.717) is 25.5 Å². The maximum Gasteiger partial charge on any atom is 0.324 e. The van der Waals surface area contributed by atoms with Crippen LogP contribution in [0.3, 0.4) is 0 Å². The highest BCUT2D eigenvalue weighted by Crippen LogP contribution is 2.42. The van der Waals surface area contributed by atoms with E-state index in [1.807, 2.05) is 35.2 Å². The highest BCUT2D eigenvalue weighted by Gasteiger charge is 2.50. The van der Waals surface area contributed by atoms with Crippen LogP contribution in [0.2, 0.25) is 0 Å². The Morgan fingerprint density at radius 3 is 2.71 bits per heavy atom. The summed E-state index contributed by atoms with van der Waals surface area (Å²) in [5, 5.41) is 0. The SMILES string of the molecule is CN1CC2=C(N(C3CCN(CC(N)=O)CC3)C1=O)C1(C)N=C(c3ccc(N)nc3)C=CC1N=C2. The number of carbonyl (C=O) groups is 2. The number of hydrogen-bond donors (Lipinski definition) is 2. The zero-order chi connectivity index (χ0) is 24.0. The molecule has 10 heteroatoms. The molecule has 5 rings (SSSR count). The Morgan fingerprint density at radius 1 is 1.26 bits per heavy atom. The molecule has 0 spiro atoms. The van der Waals surface area contributed by atoms with Crippen LogP contribution in [0, 0.1) is 0 Å². The number of nitrogen functional groups attached to an aromatic ring is 1. The Kier molecular flexibility index (Phi) is 5.47. The molecule has 0 radical (unpaired) electrons. The van der Waals surface area contributed by atoms with E-state index in [-0.39, 0.29) is 30.6 Å². The number of aliphatic imine (C=N–C) groups is 2. The highest BCUT2D eigenvalue weighted by molar-refractivity contribution is 6.10. The van der Waals surface area contributed by atoms with Crippen molar-refractivity contribution in [3.8, 4) is 0 Å². The van der Waals surface area contributed by atoms with Crippen molar-refractivity contribution in [1.29, 1.82) is 0 Å². The van der Waals surface area contributed by atoms with Gasteiger partial charge in [0.2, 0.25) is 5.91 Å². The maximum absolute atomic E-state index is 13.5. The van der Waals surface area contributed by atoms with Crippen molar-refractivity contribution in [2.45, 2.75) is 37.4 Å². The minimum absolute atomic E-state index is 0.0103. The van der Waals surface area contributed by atoms with Crippen LogP contribution in [-0.2, 0) is 4.79 Å². The Balaban J connectivity index is 1.52. The van der Waals surface area contributed by atoms with Gasteiger partial charge in [-0.15, -0.1) is 0 Å². The number of fused-ring (bicyclic) bond motifs is 2. The molecule has 1 saturated heterocycles. The number of aromatic nitrogens is 1. The molecule has 10 nitrogen and oxygen atoms in total. The number of nitrogens with zero attached hydrogens (tertiary/aromatic N) is 6. The first-order valence-corrected chi connectivity index (χ1v) is 11.6. The number of hydrogen-bond acceptors (Lipinski definition) is 7. The second kappa shape index (κ2) is 8.35. The number of piperidine rings is 1. The van der Waals surface area contributed by atoms with Gasteiger partial charge in [0.05, 0.1) is 30.5 Å². The van der Waals surface area contributed by atoms with Gasteiger partial charge in [0.1, 0.15) is 11.4 Å². The summed E-state index contributed by atoms with van der Waals surface area (Å²) in [6.07, 6.45) is 9.15. The van der Waals surface area contributed by atoms with Crippen LogP contribution >= 0.6 is 0 Å². The van der Waals surface area contributed by atoms with Gasteiger partial charge in [-0.25, -0.2) is 9.78 Å². The lowest BCUT2D eigenvalue weighted by molar-refractivity contribution is -0.119. The summed E-state index contributed by atoms with van der Waals surface area (Å²) in [6, 6.07) is 3.45. The number of primary amides is 1. The van der Waals surface area contributed by atoms with Gasteiger partial charge in [-0.1, -0.05) is 6.08 Å². The third kappa shape index (κ3) is 3.77. The molecule has 4 aliphatic heterocycles. The van der Waals surface area contributed by atoms with E-state index < -0.39 is 5.54 Å². The fourth-order valence-electron chi connectivity index (χ4n) is 5.40. The van der Waals surface area contributed by atoms with Gasteiger partial charge in [-0.3, -0.25) is 24.6 Å². The predicted molar refractivity (Wildman–Crippen MR) is 131 cm³/mol. The van der Waals surface area contributed by atoms with Gasteiger partial charge in [0.25, 0.3) is 0 Å². The molecule has 0 aromatic carbocycles. The smallest absolute Gasteiger partial charge is 0.324 e. The average Bonchev–Trinajstić information content (AvgIpc) is 2.80. The number of pyridine rings is 1. The van der Waals surface area contributed by atoms with Crippen LogP contribution in [0.15, 0.2) is 51.7 Å². The third-order valence-electron chi connectivity index (χ3n) is 7.10. The molecule has 2 unspecified atom stereocenters. The molecule has 4 N–H and O–H groups in total. The number of allylic oxidation sites excluding steroid dienone is 1. The van der Waals surface area contributed by atoms with Gasteiger partial charge < -0.3 is 16.4 Å². The second-order valence-corrected chi connectivity index (χ2v) is 9.55.